The van der Waals surface area contributed by atoms with E-state index >= 15 is 0 Å². The second-order valence-corrected chi connectivity index (χ2v) is 4.56. The molecule has 17 heavy (non-hydrogen) atoms. The van der Waals surface area contributed by atoms with Crippen LogP contribution in [0.1, 0.15) is 11.1 Å². The van der Waals surface area contributed by atoms with Gasteiger partial charge in [0, 0.05) is 5.02 Å². The van der Waals surface area contributed by atoms with E-state index in [1.807, 2.05) is 12.1 Å². The summed E-state index contributed by atoms with van der Waals surface area (Å²) in [7, 11) is 0. The third kappa shape index (κ3) is 2.71. The number of halogens is 3. The van der Waals surface area contributed by atoms with Crippen molar-refractivity contribution >= 4 is 28.9 Å². The van der Waals surface area contributed by atoms with Crippen molar-refractivity contribution in [3.8, 4) is 0 Å². The van der Waals surface area contributed by atoms with Crippen LogP contribution >= 0.6 is 23.2 Å². The van der Waals surface area contributed by atoms with Gasteiger partial charge in [-0.25, -0.2) is 4.39 Å². The van der Waals surface area contributed by atoms with Crippen molar-refractivity contribution in [2.45, 2.75) is 6.42 Å². The van der Waals surface area contributed by atoms with Crippen LogP contribution in [0.25, 0.3) is 0 Å². The van der Waals surface area contributed by atoms with E-state index in [9.17, 15) is 4.39 Å². The highest BCUT2D eigenvalue weighted by Crippen LogP contribution is 2.26. The lowest BCUT2D eigenvalue weighted by molar-refractivity contribution is 0.631. The average Bonchev–Trinajstić information content (AvgIpc) is 2.33. The van der Waals surface area contributed by atoms with Crippen molar-refractivity contribution in [1.82, 2.24) is 0 Å². The van der Waals surface area contributed by atoms with E-state index in [0.717, 1.165) is 5.56 Å². The summed E-state index contributed by atoms with van der Waals surface area (Å²) in [6.07, 6.45) is 0.549. The summed E-state index contributed by atoms with van der Waals surface area (Å²) in [4.78, 5) is 0. The lowest BCUT2D eigenvalue weighted by Crippen LogP contribution is -1.96. The molecule has 2 rings (SSSR count). The maximum Gasteiger partial charge on any atom is 0.164 e. The Labute approximate surface area is 109 Å². The minimum atomic E-state index is -0.557. The van der Waals surface area contributed by atoms with E-state index in [1.165, 1.54) is 6.07 Å². The van der Waals surface area contributed by atoms with Crippen LogP contribution in [0.2, 0.25) is 10.0 Å². The Balaban J connectivity index is 2.30. The Morgan fingerprint density at radius 3 is 2.29 bits per heavy atom. The van der Waals surface area contributed by atoms with Gasteiger partial charge in [-0.2, -0.15) is 0 Å². The summed E-state index contributed by atoms with van der Waals surface area (Å²) in [5.74, 6) is -0.557. The van der Waals surface area contributed by atoms with Crippen molar-refractivity contribution in [3.05, 3.63) is 63.4 Å². The van der Waals surface area contributed by atoms with Gasteiger partial charge < -0.3 is 5.73 Å². The number of nitrogen functional groups attached to an aromatic ring is 1. The highest BCUT2D eigenvalue weighted by atomic mass is 35.5. The number of rotatable bonds is 2. The summed E-state index contributed by atoms with van der Waals surface area (Å²) in [6.45, 7) is 0. The summed E-state index contributed by atoms with van der Waals surface area (Å²) in [5, 5.41) is 0.753. The summed E-state index contributed by atoms with van der Waals surface area (Å²) in [6, 6.07) is 10.6. The molecule has 0 aromatic heterocycles. The number of nitrogens with two attached hydrogens (primary N) is 1. The Hall–Kier alpha value is -1.25. The van der Waals surface area contributed by atoms with Gasteiger partial charge in [0.1, 0.15) is 0 Å². The zero-order valence-electron chi connectivity index (χ0n) is 8.88. The first-order valence-electron chi connectivity index (χ1n) is 5.04. The molecular formula is C13H10Cl2FN. The van der Waals surface area contributed by atoms with Crippen LogP contribution < -0.4 is 5.73 Å². The molecule has 1 nitrogen and oxygen atoms in total. The van der Waals surface area contributed by atoms with Gasteiger partial charge in [-0.1, -0.05) is 41.4 Å². The molecular weight excluding hydrogens is 260 g/mol. The van der Waals surface area contributed by atoms with Gasteiger partial charge >= 0.3 is 0 Å². The molecule has 0 amide bonds. The molecule has 0 fully saturated rings. The molecule has 0 spiro atoms. The smallest absolute Gasteiger partial charge is 0.164 e. The maximum atomic E-state index is 13.5. The Morgan fingerprint density at radius 1 is 1.00 bits per heavy atom. The maximum absolute atomic E-state index is 13.5. The number of benzene rings is 2. The van der Waals surface area contributed by atoms with Crippen molar-refractivity contribution in [3.63, 3.8) is 0 Å². The number of anilines is 1. The molecule has 0 bridgehead atoms. The average molecular weight is 270 g/mol. The summed E-state index contributed by atoms with van der Waals surface area (Å²) in [5.41, 5.74) is 7.21. The topological polar surface area (TPSA) is 26.0 Å². The van der Waals surface area contributed by atoms with Crippen LogP contribution in [0, 0.1) is 5.82 Å². The number of hydrogen-bond acceptors (Lipinski definition) is 1. The van der Waals surface area contributed by atoms with Crippen LogP contribution in [0.15, 0.2) is 36.4 Å². The van der Waals surface area contributed by atoms with E-state index in [0.29, 0.717) is 17.0 Å². The second kappa shape index (κ2) is 4.94. The molecule has 0 saturated heterocycles. The quantitative estimate of drug-likeness (QED) is 0.808. The fourth-order valence-corrected chi connectivity index (χ4v) is 1.93. The van der Waals surface area contributed by atoms with E-state index in [2.05, 4.69) is 0 Å². The monoisotopic (exact) mass is 269 g/mol. The highest BCUT2D eigenvalue weighted by molar-refractivity contribution is 6.32. The molecule has 4 heteroatoms. The summed E-state index contributed by atoms with van der Waals surface area (Å²) >= 11 is 11.7. The molecule has 2 N–H and O–H groups in total. The molecule has 2 aromatic rings. The first-order valence-corrected chi connectivity index (χ1v) is 5.80. The fourth-order valence-electron chi connectivity index (χ4n) is 1.56. The second-order valence-electron chi connectivity index (χ2n) is 3.75. The lowest BCUT2D eigenvalue weighted by Gasteiger charge is -2.07. The molecule has 0 unspecified atom stereocenters. The minimum Gasteiger partial charge on any atom is -0.396 e. The first-order chi connectivity index (χ1) is 8.08. The Morgan fingerprint density at radius 2 is 1.65 bits per heavy atom. The standard InChI is InChI=1S/C13H10Cl2FN/c14-10-4-1-8(2-5-10)7-9-3-6-11(17)13(16)12(9)15/h1-6H,7,17H2. The lowest BCUT2D eigenvalue weighted by atomic mass is 10.0. The van der Waals surface area contributed by atoms with Crippen LogP contribution in [0.4, 0.5) is 10.1 Å². The van der Waals surface area contributed by atoms with Crippen molar-refractivity contribution in [2.75, 3.05) is 5.73 Å². The van der Waals surface area contributed by atoms with E-state index in [1.54, 1.807) is 18.2 Å². The normalized spacial score (nSPS) is 10.5. The molecule has 0 aliphatic rings. The van der Waals surface area contributed by atoms with Crippen molar-refractivity contribution in [1.29, 1.82) is 0 Å². The highest BCUT2D eigenvalue weighted by Gasteiger charge is 2.09. The zero-order valence-corrected chi connectivity index (χ0v) is 10.4. The van der Waals surface area contributed by atoms with E-state index < -0.39 is 5.82 Å². The van der Waals surface area contributed by atoms with Gasteiger partial charge in [0.25, 0.3) is 0 Å². The SMILES string of the molecule is Nc1ccc(Cc2ccc(Cl)cc2)c(Cl)c1F. The molecule has 0 atom stereocenters. The third-order valence-corrected chi connectivity index (χ3v) is 3.16. The van der Waals surface area contributed by atoms with Crippen LogP contribution in [0.3, 0.4) is 0 Å². The molecule has 0 radical (unpaired) electrons. The first kappa shape index (κ1) is 12.2. The zero-order chi connectivity index (χ0) is 12.4. The Bertz CT molecular complexity index is 538. The predicted octanol–water partition coefficient (Wildman–Crippen LogP) is 4.31. The predicted molar refractivity (Wildman–Crippen MR) is 70.1 cm³/mol. The van der Waals surface area contributed by atoms with Crippen molar-refractivity contribution < 1.29 is 4.39 Å². The van der Waals surface area contributed by atoms with Gasteiger partial charge in [0.05, 0.1) is 10.7 Å². The molecule has 88 valence electrons. The molecule has 0 aliphatic heterocycles. The van der Waals surface area contributed by atoms with Crippen LogP contribution in [0.5, 0.6) is 0 Å². The summed E-state index contributed by atoms with van der Waals surface area (Å²) < 4.78 is 13.5. The van der Waals surface area contributed by atoms with Crippen LogP contribution in [-0.4, -0.2) is 0 Å². The Kier molecular flexibility index (Phi) is 3.55. The van der Waals surface area contributed by atoms with E-state index in [4.69, 9.17) is 28.9 Å². The van der Waals surface area contributed by atoms with Gasteiger partial charge in [0.2, 0.25) is 0 Å². The van der Waals surface area contributed by atoms with Crippen LogP contribution in [-0.2, 0) is 6.42 Å². The molecule has 0 heterocycles. The van der Waals surface area contributed by atoms with Gasteiger partial charge in [-0.15, -0.1) is 0 Å². The van der Waals surface area contributed by atoms with Gasteiger partial charge in [0.15, 0.2) is 5.82 Å². The largest absolute Gasteiger partial charge is 0.396 e. The number of hydrogen-bond donors (Lipinski definition) is 1. The third-order valence-electron chi connectivity index (χ3n) is 2.50. The minimum absolute atomic E-state index is 0.0647. The van der Waals surface area contributed by atoms with Gasteiger partial charge in [-0.3, -0.25) is 0 Å². The molecule has 0 aliphatic carbocycles. The van der Waals surface area contributed by atoms with Crippen molar-refractivity contribution in [2.24, 2.45) is 0 Å². The molecule has 0 saturated carbocycles. The molecule has 2 aromatic carbocycles. The fraction of sp³-hybridized carbons (Fsp3) is 0.0769. The van der Waals surface area contributed by atoms with Gasteiger partial charge in [-0.05, 0) is 35.7 Å². The van der Waals surface area contributed by atoms with E-state index in [-0.39, 0.29) is 10.7 Å².